The van der Waals surface area contributed by atoms with E-state index in [2.05, 4.69) is 15.2 Å². The number of aryl methyl sites for hydroxylation is 1. The number of hydrogen-bond acceptors (Lipinski definition) is 7. The van der Waals surface area contributed by atoms with Gasteiger partial charge in [0, 0.05) is 11.4 Å². The van der Waals surface area contributed by atoms with Crippen LogP contribution in [0.2, 0.25) is 0 Å². The van der Waals surface area contributed by atoms with Crippen LogP contribution in [-0.4, -0.2) is 27.7 Å². The van der Waals surface area contributed by atoms with Crippen molar-refractivity contribution in [1.29, 1.82) is 0 Å². The van der Waals surface area contributed by atoms with E-state index >= 15 is 0 Å². The third-order valence-corrected chi connectivity index (χ3v) is 5.97. The first kappa shape index (κ1) is 15.7. The summed E-state index contributed by atoms with van der Waals surface area (Å²) in [6, 6.07) is 11.6. The normalized spacial score (nSPS) is 11.7. The summed E-state index contributed by atoms with van der Waals surface area (Å²) in [5, 5.41) is 10.3. The second-order valence-corrected chi connectivity index (χ2v) is 7.86. The second-order valence-electron chi connectivity index (χ2n) is 5.24. The molecule has 0 N–H and O–H groups in total. The fraction of sp³-hybridized carbons (Fsp3) is 0.0625. The summed E-state index contributed by atoms with van der Waals surface area (Å²) < 4.78 is 31.7. The highest BCUT2D eigenvalue weighted by molar-refractivity contribution is 7.90. The largest absolute Gasteiger partial charge is 0.361 e. The molecule has 0 spiro atoms. The molecular formula is C16H12N4O3S2. The molecule has 25 heavy (non-hydrogen) atoms. The van der Waals surface area contributed by atoms with Gasteiger partial charge in [-0.15, -0.1) is 11.3 Å². The summed E-state index contributed by atoms with van der Waals surface area (Å²) in [7, 11) is -3.79. The Labute approximate surface area is 147 Å². The highest BCUT2D eigenvalue weighted by atomic mass is 32.2. The van der Waals surface area contributed by atoms with Crippen molar-refractivity contribution in [3.63, 3.8) is 0 Å². The van der Waals surface area contributed by atoms with E-state index in [1.54, 1.807) is 42.6 Å². The Morgan fingerprint density at radius 1 is 1.12 bits per heavy atom. The number of aromatic nitrogens is 4. The summed E-state index contributed by atoms with van der Waals surface area (Å²) >= 11 is 1.36. The molecule has 0 aliphatic carbocycles. The van der Waals surface area contributed by atoms with Crippen LogP contribution in [0.3, 0.4) is 0 Å². The highest BCUT2D eigenvalue weighted by Gasteiger charge is 2.23. The molecule has 9 heteroatoms. The number of thiazole rings is 1. The number of rotatable bonds is 4. The zero-order valence-corrected chi connectivity index (χ0v) is 14.7. The molecule has 126 valence electrons. The molecule has 0 saturated heterocycles. The standard InChI is InChI=1S/C16H12N4O3S2/c1-11-9-13(19-23-11)16-18-14(10-24-16)15-7-8-17-20(15)25(21,22)12-5-3-2-4-6-12/h2-10H,1H3. The topological polar surface area (TPSA) is 90.9 Å². The molecule has 0 aliphatic rings. The van der Waals surface area contributed by atoms with E-state index in [9.17, 15) is 8.42 Å². The van der Waals surface area contributed by atoms with Crippen molar-refractivity contribution in [1.82, 2.24) is 19.3 Å². The molecule has 0 saturated carbocycles. The second kappa shape index (κ2) is 5.94. The van der Waals surface area contributed by atoms with Gasteiger partial charge in [0.1, 0.15) is 27.8 Å². The van der Waals surface area contributed by atoms with Crippen molar-refractivity contribution in [2.45, 2.75) is 11.8 Å². The molecule has 0 amide bonds. The average molecular weight is 372 g/mol. The Bertz CT molecular complexity index is 1130. The predicted molar refractivity (Wildman–Crippen MR) is 92.6 cm³/mol. The average Bonchev–Trinajstić information content (AvgIpc) is 3.35. The van der Waals surface area contributed by atoms with Gasteiger partial charge in [-0.2, -0.15) is 17.6 Å². The Morgan fingerprint density at radius 3 is 2.64 bits per heavy atom. The summed E-state index contributed by atoms with van der Waals surface area (Å²) in [4.78, 5) is 4.64. The highest BCUT2D eigenvalue weighted by Crippen LogP contribution is 2.29. The lowest BCUT2D eigenvalue weighted by Gasteiger charge is -2.07. The molecule has 7 nitrogen and oxygen atoms in total. The lowest BCUT2D eigenvalue weighted by Crippen LogP contribution is -2.15. The van der Waals surface area contributed by atoms with Gasteiger partial charge in [0.15, 0.2) is 0 Å². The Morgan fingerprint density at radius 2 is 1.92 bits per heavy atom. The van der Waals surface area contributed by atoms with E-state index < -0.39 is 10.0 Å². The van der Waals surface area contributed by atoms with Crippen LogP contribution < -0.4 is 0 Å². The van der Waals surface area contributed by atoms with Crippen LogP contribution in [0.25, 0.3) is 22.1 Å². The van der Waals surface area contributed by atoms with Gasteiger partial charge in [-0.1, -0.05) is 23.4 Å². The molecule has 4 aromatic rings. The first-order valence-electron chi connectivity index (χ1n) is 7.30. The van der Waals surface area contributed by atoms with Gasteiger partial charge in [-0.3, -0.25) is 0 Å². The third-order valence-electron chi connectivity index (χ3n) is 3.49. The number of hydrogen-bond donors (Lipinski definition) is 0. The fourth-order valence-electron chi connectivity index (χ4n) is 2.33. The van der Waals surface area contributed by atoms with Gasteiger partial charge in [-0.05, 0) is 25.1 Å². The smallest absolute Gasteiger partial charge is 0.283 e. The Kier molecular flexibility index (Phi) is 3.74. The maximum absolute atomic E-state index is 12.8. The minimum absolute atomic E-state index is 0.169. The predicted octanol–water partition coefficient (Wildman–Crippen LogP) is 3.21. The van der Waals surface area contributed by atoms with Gasteiger partial charge in [0.25, 0.3) is 10.0 Å². The SMILES string of the molecule is Cc1cc(-c2nc(-c3ccnn3S(=O)(=O)c3ccccc3)cs2)no1. The van der Waals surface area contributed by atoms with Crippen LogP contribution in [-0.2, 0) is 10.0 Å². The molecule has 0 radical (unpaired) electrons. The van der Waals surface area contributed by atoms with Crippen LogP contribution in [0.1, 0.15) is 5.76 Å². The van der Waals surface area contributed by atoms with Crippen LogP contribution in [0.4, 0.5) is 0 Å². The van der Waals surface area contributed by atoms with E-state index in [1.165, 1.54) is 29.7 Å². The molecule has 0 atom stereocenters. The van der Waals surface area contributed by atoms with Gasteiger partial charge in [0.05, 0.1) is 11.1 Å². The van der Waals surface area contributed by atoms with Crippen molar-refractivity contribution in [3.05, 3.63) is 59.8 Å². The van der Waals surface area contributed by atoms with Crippen molar-refractivity contribution >= 4 is 21.4 Å². The van der Waals surface area contributed by atoms with Crippen LogP contribution >= 0.6 is 11.3 Å². The van der Waals surface area contributed by atoms with E-state index in [4.69, 9.17) is 4.52 Å². The quantitative estimate of drug-likeness (QED) is 0.546. The fourth-order valence-corrected chi connectivity index (χ4v) is 4.39. The maximum atomic E-state index is 12.8. The molecule has 0 bridgehead atoms. The summed E-state index contributed by atoms with van der Waals surface area (Å²) in [5.41, 5.74) is 1.52. The minimum atomic E-state index is -3.79. The monoisotopic (exact) mass is 372 g/mol. The minimum Gasteiger partial charge on any atom is -0.361 e. The molecule has 3 heterocycles. The zero-order valence-electron chi connectivity index (χ0n) is 13.0. The number of nitrogens with zero attached hydrogens (tertiary/aromatic N) is 4. The van der Waals surface area contributed by atoms with Gasteiger partial charge in [0.2, 0.25) is 0 Å². The lowest BCUT2D eigenvalue weighted by molar-refractivity contribution is 0.399. The summed E-state index contributed by atoms with van der Waals surface area (Å²) in [6.07, 6.45) is 1.44. The van der Waals surface area contributed by atoms with E-state index in [0.29, 0.717) is 27.8 Å². The van der Waals surface area contributed by atoms with Gasteiger partial charge in [-0.25, -0.2) is 4.98 Å². The van der Waals surface area contributed by atoms with Crippen molar-refractivity contribution in [2.24, 2.45) is 0 Å². The molecular weight excluding hydrogens is 360 g/mol. The van der Waals surface area contributed by atoms with Crippen molar-refractivity contribution < 1.29 is 12.9 Å². The third kappa shape index (κ3) is 2.77. The van der Waals surface area contributed by atoms with Gasteiger partial charge < -0.3 is 4.52 Å². The molecule has 3 aromatic heterocycles. The summed E-state index contributed by atoms with van der Waals surface area (Å²) in [5.74, 6) is 0.684. The maximum Gasteiger partial charge on any atom is 0.283 e. The Hall–Kier alpha value is -2.78. The van der Waals surface area contributed by atoms with Gasteiger partial charge >= 0.3 is 0 Å². The first-order chi connectivity index (χ1) is 12.1. The Balaban J connectivity index is 1.77. The molecule has 0 aliphatic heterocycles. The van der Waals surface area contributed by atoms with Crippen molar-refractivity contribution in [2.75, 3.05) is 0 Å². The molecule has 0 unspecified atom stereocenters. The van der Waals surface area contributed by atoms with E-state index in [-0.39, 0.29) is 4.90 Å². The van der Waals surface area contributed by atoms with Crippen molar-refractivity contribution in [3.8, 4) is 22.1 Å². The van der Waals surface area contributed by atoms with Crippen LogP contribution in [0.5, 0.6) is 0 Å². The lowest BCUT2D eigenvalue weighted by atomic mass is 10.3. The van der Waals surface area contributed by atoms with E-state index in [0.717, 1.165) is 4.09 Å². The molecule has 1 aromatic carbocycles. The van der Waals surface area contributed by atoms with Crippen LogP contribution in [0, 0.1) is 6.92 Å². The number of benzene rings is 1. The molecule has 4 rings (SSSR count). The van der Waals surface area contributed by atoms with Crippen LogP contribution in [0.15, 0.2) is 63.5 Å². The van der Waals surface area contributed by atoms with E-state index in [1.807, 2.05) is 0 Å². The zero-order chi connectivity index (χ0) is 17.4. The summed E-state index contributed by atoms with van der Waals surface area (Å²) in [6.45, 7) is 1.80. The molecule has 0 fully saturated rings. The first-order valence-corrected chi connectivity index (χ1v) is 9.62.